The second kappa shape index (κ2) is 8.29. The van der Waals surface area contributed by atoms with Gasteiger partial charge in [0.05, 0.1) is 40.9 Å². The van der Waals surface area contributed by atoms with Crippen molar-refractivity contribution in [2.45, 2.75) is 19.6 Å². The number of hydrogen-bond acceptors (Lipinski definition) is 5. The lowest BCUT2D eigenvalue weighted by Gasteiger charge is -2.15. The van der Waals surface area contributed by atoms with E-state index in [0.717, 1.165) is 6.07 Å². The van der Waals surface area contributed by atoms with Crippen LogP contribution in [0.3, 0.4) is 0 Å². The zero-order chi connectivity index (χ0) is 22.9. The van der Waals surface area contributed by atoms with E-state index in [4.69, 9.17) is 0 Å². The lowest BCUT2D eigenvalue weighted by molar-refractivity contribution is -0.136. The van der Waals surface area contributed by atoms with Gasteiger partial charge < -0.3 is 15.4 Å². The summed E-state index contributed by atoms with van der Waals surface area (Å²) in [5.74, 6) is -0.776. The number of benzene rings is 2. The molecular weight excluding hydrogens is 426 g/mol. The summed E-state index contributed by atoms with van der Waals surface area (Å²) in [6, 6.07) is 7.44. The SMILES string of the molecule is Cc1cnc(CNc2ccc(N=Cc3c(O)[nH]c4ccc(F)cc34)cc2C(F)(F)F)cn1. The number of nitrogens with zero attached hydrogens (tertiary/aromatic N) is 3. The molecule has 4 aromatic rings. The fourth-order valence-corrected chi connectivity index (χ4v) is 3.14. The molecule has 0 aliphatic heterocycles. The molecule has 0 aliphatic rings. The number of aromatic hydroxyl groups is 1. The molecule has 0 aliphatic carbocycles. The van der Waals surface area contributed by atoms with E-state index in [1.807, 2.05) is 0 Å². The Hall–Kier alpha value is -3.95. The number of aryl methyl sites for hydroxylation is 1. The van der Waals surface area contributed by atoms with Gasteiger partial charge in [-0.05, 0) is 43.3 Å². The molecule has 10 heteroatoms. The van der Waals surface area contributed by atoms with Gasteiger partial charge in [-0.15, -0.1) is 0 Å². The van der Waals surface area contributed by atoms with Gasteiger partial charge in [-0.25, -0.2) is 4.39 Å². The fraction of sp³-hybridized carbons (Fsp3) is 0.136. The summed E-state index contributed by atoms with van der Waals surface area (Å²) in [6.45, 7) is 1.82. The molecule has 0 amide bonds. The van der Waals surface area contributed by atoms with Crippen molar-refractivity contribution < 1.29 is 22.7 Å². The Labute approximate surface area is 179 Å². The molecule has 0 spiro atoms. The lowest BCUT2D eigenvalue weighted by atomic mass is 10.1. The molecule has 2 aromatic heterocycles. The summed E-state index contributed by atoms with van der Waals surface area (Å²) < 4.78 is 54.4. The topological polar surface area (TPSA) is 86.2 Å². The van der Waals surface area contributed by atoms with Crippen molar-refractivity contribution in [3.05, 3.63) is 77.1 Å². The minimum Gasteiger partial charge on any atom is -0.494 e. The smallest absolute Gasteiger partial charge is 0.418 e. The molecular formula is C22H17F4N5O. The largest absolute Gasteiger partial charge is 0.494 e. The summed E-state index contributed by atoms with van der Waals surface area (Å²) in [6.07, 6.45) is -0.410. The van der Waals surface area contributed by atoms with E-state index in [1.54, 1.807) is 6.92 Å². The van der Waals surface area contributed by atoms with Gasteiger partial charge in [-0.2, -0.15) is 13.2 Å². The van der Waals surface area contributed by atoms with Crippen LogP contribution in [0.4, 0.5) is 28.9 Å². The number of rotatable bonds is 5. The number of hydrogen-bond donors (Lipinski definition) is 3. The molecule has 32 heavy (non-hydrogen) atoms. The van der Waals surface area contributed by atoms with Crippen molar-refractivity contribution in [2.24, 2.45) is 4.99 Å². The van der Waals surface area contributed by atoms with E-state index in [0.29, 0.717) is 22.3 Å². The quantitative estimate of drug-likeness (QED) is 0.281. The van der Waals surface area contributed by atoms with Crippen LogP contribution in [0.2, 0.25) is 0 Å². The number of alkyl halides is 3. The molecule has 0 fully saturated rings. The van der Waals surface area contributed by atoms with Gasteiger partial charge in [0.1, 0.15) is 5.82 Å². The maximum atomic E-state index is 13.6. The fourth-order valence-electron chi connectivity index (χ4n) is 3.14. The van der Waals surface area contributed by atoms with E-state index in [-0.39, 0.29) is 29.4 Å². The summed E-state index contributed by atoms with van der Waals surface area (Å²) in [5.41, 5.74) is 0.831. The third-order valence-electron chi connectivity index (χ3n) is 4.73. The number of aliphatic imine (C=N–C) groups is 1. The van der Waals surface area contributed by atoms with Crippen molar-refractivity contribution in [2.75, 3.05) is 5.32 Å². The molecule has 0 atom stereocenters. The second-order valence-electron chi connectivity index (χ2n) is 7.07. The van der Waals surface area contributed by atoms with Crippen LogP contribution >= 0.6 is 0 Å². The molecule has 4 rings (SSSR count). The Balaban J connectivity index is 1.62. The molecule has 164 valence electrons. The Morgan fingerprint density at radius 3 is 2.66 bits per heavy atom. The minimum absolute atomic E-state index is 0.0168. The van der Waals surface area contributed by atoms with Crippen LogP contribution in [-0.4, -0.2) is 26.3 Å². The Bertz CT molecular complexity index is 1300. The first kappa shape index (κ1) is 21.3. The molecule has 0 bridgehead atoms. The van der Waals surface area contributed by atoms with E-state index < -0.39 is 17.6 Å². The third-order valence-corrected chi connectivity index (χ3v) is 4.73. The van der Waals surface area contributed by atoms with Crippen LogP contribution in [0, 0.1) is 12.7 Å². The van der Waals surface area contributed by atoms with E-state index in [2.05, 4.69) is 25.3 Å². The highest BCUT2D eigenvalue weighted by atomic mass is 19.4. The van der Waals surface area contributed by atoms with Crippen LogP contribution in [0.25, 0.3) is 10.9 Å². The van der Waals surface area contributed by atoms with Gasteiger partial charge in [-0.1, -0.05) is 0 Å². The molecule has 0 saturated heterocycles. The predicted octanol–water partition coefficient (Wildman–Crippen LogP) is 5.49. The number of aromatic nitrogens is 3. The van der Waals surface area contributed by atoms with Crippen LogP contribution in [0.5, 0.6) is 5.88 Å². The van der Waals surface area contributed by atoms with Crippen molar-refractivity contribution in [3.8, 4) is 5.88 Å². The molecule has 0 unspecified atom stereocenters. The number of anilines is 1. The Morgan fingerprint density at radius 2 is 1.94 bits per heavy atom. The maximum Gasteiger partial charge on any atom is 0.418 e. The molecule has 6 nitrogen and oxygen atoms in total. The first-order valence-corrected chi connectivity index (χ1v) is 9.47. The molecule has 2 heterocycles. The number of halogens is 4. The first-order valence-electron chi connectivity index (χ1n) is 9.47. The number of nitrogens with one attached hydrogen (secondary N) is 2. The predicted molar refractivity (Wildman–Crippen MR) is 113 cm³/mol. The summed E-state index contributed by atoms with van der Waals surface area (Å²) in [7, 11) is 0. The van der Waals surface area contributed by atoms with Crippen LogP contribution in [-0.2, 0) is 12.7 Å². The van der Waals surface area contributed by atoms with E-state index >= 15 is 0 Å². The van der Waals surface area contributed by atoms with Crippen molar-refractivity contribution in [1.29, 1.82) is 0 Å². The monoisotopic (exact) mass is 443 g/mol. The second-order valence-corrected chi connectivity index (χ2v) is 7.07. The first-order chi connectivity index (χ1) is 15.2. The van der Waals surface area contributed by atoms with Gasteiger partial charge in [0.2, 0.25) is 0 Å². The van der Waals surface area contributed by atoms with Crippen LogP contribution < -0.4 is 5.32 Å². The number of aromatic amines is 1. The molecule has 0 saturated carbocycles. The highest BCUT2D eigenvalue weighted by molar-refractivity contribution is 6.02. The van der Waals surface area contributed by atoms with Crippen molar-refractivity contribution in [1.82, 2.24) is 15.0 Å². The molecule has 2 aromatic carbocycles. The Morgan fingerprint density at radius 1 is 1.12 bits per heavy atom. The lowest BCUT2D eigenvalue weighted by Crippen LogP contribution is -2.11. The van der Waals surface area contributed by atoms with Gasteiger partial charge in [0.25, 0.3) is 0 Å². The van der Waals surface area contributed by atoms with Gasteiger partial charge >= 0.3 is 6.18 Å². The Kier molecular flexibility index (Phi) is 5.52. The zero-order valence-electron chi connectivity index (χ0n) is 16.7. The van der Waals surface area contributed by atoms with Gasteiger partial charge in [0, 0.05) is 29.0 Å². The van der Waals surface area contributed by atoms with Crippen molar-refractivity contribution >= 4 is 28.5 Å². The third kappa shape index (κ3) is 4.53. The van der Waals surface area contributed by atoms with Gasteiger partial charge in [0.15, 0.2) is 5.88 Å². The van der Waals surface area contributed by atoms with Crippen LogP contribution in [0.15, 0.2) is 53.8 Å². The average Bonchev–Trinajstić information content (AvgIpc) is 3.05. The van der Waals surface area contributed by atoms with E-state index in [9.17, 15) is 22.7 Å². The number of fused-ring (bicyclic) bond motifs is 1. The maximum absolute atomic E-state index is 13.6. The average molecular weight is 443 g/mol. The number of H-pyrrole nitrogens is 1. The van der Waals surface area contributed by atoms with Gasteiger partial charge in [-0.3, -0.25) is 15.0 Å². The zero-order valence-corrected chi connectivity index (χ0v) is 16.7. The summed E-state index contributed by atoms with van der Waals surface area (Å²) >= 11 is 0. The van der Waals surface area contributed by atoms with E-state index in [1.165, 1.54) is 48.9 Å². The van der Waals surface area contributed by atoms with Crippen molar-refractivity contribution in [3.63, 3.8) is 0 Å². The standard InChI is InChI=1S/C22H17F4N5O/c1-12-8-28-15(9-27-12)10-30-20-5-3-14(7-18(20)22(24,25)26)29-11-17-16-6-13(23)2-4-19(16)31-21(17)32/h2-9,11,30-32H,10H2,1H3. The highest BCUT2D eigenvalue weighted by Crippen LogP contribution is 2.37. The summed E-state index contributed by atoms with van der Waals surface area (Å²) in [4.78, 5) is 14.9. The minimum atomic E-state index is -4.63. The summed E-state index contributed by atoms with van der Waals surface area (Å²) in [5, 5.41) is 13.1. The highest BCUT2D eigenvalue weighted by Gasteiger charge is 2.33. The molecule has 0 radical (unpaired) electrons. The normalized spacial score (nSPS) is 12.0. The van der Waals surface area contributed by atoms with Crippen LogP contribution in [0.1, 0.15) is 22.5 Å². The molecule has 3 N–H and O–H groups in total.